The molecule has 104 valence electrons. The van der Waals surface area contributed by atoms with E-state index in [1.807, 2.05) is 29.1 Å². The average Bonchev–Trinajstić information content (AvgIpc) is 2.97. The monoisotopic (exact) mass is 269 g/mol. The van der Waals surface area contributed by atoms with Crippen molar-refractivity contribution in [2.75, 3.05) is 0 Å². The third kappa shape index (κ3) is 2.90. The Kier molecular flexibility index (Phi) is 3.54. The first-order valence-corrected chi connectivity index (χ1v) is 7.06. The topological polar surface area (TPSA) is 46.9 Å². The molecule has 1 aromatic heterocycles. The van der Waals surface area contributed by atoms with E-state index < -0.39 is 0 Å². The van der Waals surface area contributed by atoms with Crippen molar-refractivity contribution in [3.63, 3.8) is 0 Å². The maximum Gasteiger partial charge on any atom is 0.223 e. The minimum Gasteiger partial charge on any atom is -0.352 e. The smallest absolute Gasteiger partial charge is 0.223 e. The first kappa shape index (κ1) is 12.9. The lowest BCUT2D eigenvalue weighted by Crippen LogP contribution is -2.25. The number of carbonyl (C=O) groups is 1. The third-order valence-electron chi connectivity index (χ3n) is 3.91. The van der Waals surface area contributed by atoms with Crippen molar-refractivity contribution in [3.05, 3.63) is 53.9 Å². The van der Waals surface area contributed by atoms with E-state index in [4.69, 9.17) is 0 Å². The normalized spacial score (nSPS) is 20.6. The quantitative estimate of drug-likeness (QED) is 0.904. The first-order valence-electron chi connectivity index (χ1n) is 7.06. The highest BCUT2D eigenvalue weighted by Gasteiger charge is 2.38. The Morgan fingerprint density at radius 2 is 2.10 bits per heavy atom. The number of aromatic nitrogens is 2. The van der Waals surface area contributed by atoms with Crippen molar-refractivity contribution in [3.8, 4) is 0 Å². The molecule has 1 fully saturated rings. The first-order chi connectivity index (χ1) is 9.74. The molecule has 4 nitrogen and oxygen atoms in total. The minimum atomic E-state index is 0.186. The summed E-state index contributed by atoms with van der Waals surface area (Å²) < 4.78 is 1.89. The van der Waals surface area contributed by atoms with Gasteiger partial charge in [-0.3, -0.25) is 9.48 Å². The van der Waals surface area contributed by atoms with Crippen LogP contribution in [0.4, 0.5) is 0 Å². The Balaban J connectivity index is 1.65. The van der Waals surface area contributed by atoms with Crippen LogP contribution in [0.15, 0.2) is 42.7 Å². The Labute approximate surface area is 118 Å². The molecule has 0 bridgehead atoms. The number of benzene rings is 1. The van der Waals surface area contributed by atoms with Crippen LogP contribution < -0.4 is 5.32 Å². The second-order valence-corrected chi connectivity index (χ2v) is 5.51. The summed E-state index contributed by atoms with van der Waals surface area (Å²) in [6.07, 6.45) is 4.75. The van der Waals surface area contributed by atoms with Gasteiger partial charge >= 0.3 is 0 Å². The lowest BCUT2D eigenvalue weighted by molar-refractivity contribution is -0.122. The number of nitrogens with one attached hydrogen (secondary N) is 1. The van der Waals surface area contributed by atoms with Gasteiger partial charge in [-0.15, -0.1) is 0 Å². The van der Waals surface area contributed by atoms with Crippen molar-refractivity contribution < 1.29 is 4.79 Å². The molecule has 2 aromatic rings. The minimum absolute atomic E-state index is 0.186. The van der Waals surface area contributed by atoms with Gasteiger partial charge in [-0.25, -0.2) is 0 Å². The molecule has 1 amide bonds. The van der Waals surface area contributed by atoms with E-state index in [0.717, 1.165) is 18.5 Å². The van der Waals surface area contributed by atoms with Gasteiger partial charge in [0.1, 0.15) is 0 Å². The molecule has 0 saturated heterocycles. The van der Waals surface area contributed by atoms with E-state index >= 15 is 0 Å². The van der Waals surface area contributed by atoms with Crippen molar-refractivity contribution in [1.82, 2.24) is 15.1 Å². The predicted molar refractivity (Wildman–Crippen MR) is 76.9 cm³/mol. The van der Waals surface area contributed by atoms with Crippen LogP contribution in [0.3, 0.4) is 0 Å². The highest BCUT2D eigenvalue weighted by atomic mass is 16.2. The van der Waals surface area contributed by atoms with E-state index in [-0.39, 0.29) is 11.8 Å². The highest BCUT2D eigenvalue weighted by molar-refractivity contribution is 5.81. The molecular formula is C16H19N3O. The van der Waals surface area contributed by atoms with E-state index in [1.165, 1.54) is 5.56 Å². The fourth-order valence-corrected chi connectivity index (χ4v) is 2.45. The van der Waals surface area contributed by atoms with Gasteiger partial charge in [0.15, 0.2) is 0 Å². The van der Waals surface area contributed by atoms with E-state index in [1.54, 1.807) is 6.20 Å². The molecule has 1 aliphatic rings. The van der Waals surface area contributed by atoms with Crippen LogP contribution in [0.5, 0.6) is 0 Å². The number of hydrogen-bond acceptors (Lipinski definition) is 2. The number of rotatable bonds is 5. The van der Waals surface area contributed by atoms with Crippen molar-refractivity contribution >= 4 is 5.91 Å². The summed E-state index contributed by atoms with van der Waals surface area (Å²) in [4.78, 5) is 11.9. The van der Waals surface area contributed by atoms with Gasteiger partial charge in [0.2, 0.25) is 5.91 Å². The molecule has 1 aromatic carbocycles. The molecule has 1 aliphatic carbocycles. The van der Waals surface area contributed by atoms with Gasteiger partial charge in [-0.2, -0.15) is 5.10 Å². The standard InChI is InChI=1S/C16H19N3O/c1-12-9-15(12)16(20)17-10-13-5-2-3-6-14(13)11-19-8-4-7-18-19/h2-8,12,15H,9-11H2,1H3,(H,17,20)/t12-,15+/m0/s1. The molecule has 0 radical (unpaired) electrons. The number of hydrogen-bond donors (Lipinski definition) is 1. The maximum absolute atomic E-state index is 11.9. The van der Waals surface area contributed by atoms with Crippen LogP contribution >= 0.6 is 0 Å². The zero-order valence-electron chi connectivity index (χ0n) is 11.6. The number of carbonyl (C=O) groups excluding carboxylic acids is 1. The summed E-state index contributed by atoms with van der Waals surface area (Å²) in [7, 11) is 0. The Bertz CT molecular complexity index is 592. The van der Waals surface area contributed by atoms with Crippen molar-refractivity contribution in [1.29, 1.82) is 0 Å². The molecule has 20 heavy (non-hydrogen) atoms. The number of amides is 1. The second-order valence-electron chi connectivity index (χ2n) is 5.51. The lowest BCUT2D eigenvalue weighted by atomic mass is 10.1. The second kappa shape index (κ2) is 5.49. The van der Waals surface area contributed by atoms with Gasteiger partial charge in [0, 0.05) is 24.9 Å². The van der Waals surface area contributed by atoms with E-state index in [0.29, 0.717) is 12.5 Å². The Morgan fingerprint density at radius 3 is 2.75 bits per heavy atom. The largest absolute Gasteiger partial charge is 0.352 e. The summed E-state index contributed by atoms with van der Waals surface area (Å²) in [5.41, 5.74) is 2.35. The van der Waals surface area contributed by atoms with Crippen molar-refractivity contribution in [2.24, 2.45) is 11.8 Å². The summed E-state index contributed by atoms with van der Waals surface area (Å²) in [6.45, 7) is 3.45. The van der Waals surface area contributed by atoms with Gasteiger partial charge in [0.05, 0.1) is 6.54 Å². The molecule has 4 heteroatoms. The maximum atomic E-state index is 11.9. The number of nitrogens with zero attached hydrogens (tertiary/aromatic N) is 2. The zero-order chi connectivity index (χ0) is 13.9. The fraction of sp³-hybridized carbons (Fsp3) is 0.375. The van der Waals surface area contributed by atoms with E-state index in [9.17, 15) is 4.79 Å². The molecule has 0 unspecified atom stereocenters. The van der Waals surface area contributed by atoms with Crippen molar-refractivity contribution in [2.45, 2.75) is 26.4 Å². The Morgan fingerprint density at radius 1 is 1.35 bits per heavy atom. The summed E-state index contributed by atoms with van der Waals surface area (Å²) >= 11 is 0. The zero-order valence-corrected chi connectivity index (χ0v) is 11.6. The Hall–Kier alpha value is -2.10. The molecule has 3 rings (SSSR count). The fourth-order valence-electron chi connectivity index (χ4n) is 2.45. The van der Waals surface area contributed by atoms with Crippen LogP contribution in [0.2, 0.25) is 0 Å². The molecule has 0 aliphatic heterocycles. The summed E-state index contributed by atoms with van der Waals surface area (Å²) in [6, 6.07) is 10.1. The molecule has 1 heterocycles. The van der Waals surface area contributed by atoms with Gasteiger partial charge < -0.3 is 5.32 Å². The third-order valence-corrected chi connectivity index (χ3v) is 3.91. The molecule has 0 spiro atoms. The molecule has 2 atom stereocenters. The van der Waals surface area contributed by atoms with E-state index in [2.05, 4.69) is 29.5 Å². The molecule has 1 saturated carbocycles. The van der Waals surface area contributed by atoms with Crippen LogP contribution in [-0.2, 0) is 17.9 Å². The van der Waals surface area contributed by atoms with Crippen LogP contribution in [0.25, 0.3) is 0 Å². The van der Waals surface area contributed by atoms with Gasteiger partial charge in [-0.1, -0.05) is 31.2 Å². The van der Waals surface area contributed by atoms with Crippen LogP contribution in [0, 0.1) is 11.8 Å². The summed E-state index contributed by atoms with van der Waals surface area (Å²) in [5, 5.41) is 7.27. The molecule has 1 N–H and O–H groups in total. The van der Waals surface area contributed by atoms with Crippen LogP contribution in [-0.4, -0.2) is 15.7 Å². The molecular weight excluding hydrogens is 250 g/mol. The SMILES string of the molecule is C[C@H]1C[C@H]1C(=O)NCc1ccccc1Cn1cccn1. The predicted octanol–water partition coefficient (Wildman–Crippen LogP) is 2.20. The average molecular weight is 269 g/mol. The highest BCUT2D eigenvalue weighted by Crippen LogP contribution is 2.37. The van der Waals surface area contributed by atoms with Gasteiger partial charge in [0.25, 0.3) is 0 Å². The van der Waals surface area contributed by atoms with Gasteiger partial charge in [-0.05, 0) is 29.5 Å². The van der Waals surface area contributed by atoms with Crippen LogP contribution in [0.1, 0.15) is 24.5 Å². The summed E-state index contributed by atoms with van der Waals surface area (Å²) in [5.74, 6) is 0.967. The lowest BCUT2D eigenvalue weighted by Gasteiger charge is -2.11.